The Balaban J connectivity index is 0.000000189. The number of methoxy groups -OCH3 is 1. The minimum atomic E-state index is -1.26. The molecule has 9 nitrogen and oxygen atoms in total. The van der Waals surface area contributed by atoms with Gasteiger partial charge in [-0.15, -0.1) is 11.8 Å². The van der Waals surface area contributed by atoms with Crippen molar-refractivity contribution in [3.63, 3.8) is 0 Å². The third-order valence-corrected chi connectivity index (χ3v) is 9.95. The molecule has 1 fully saturated rings. The fourth-order valence-corrected chi connectivity index (χ4v) is 6.96. The third kappa shape index (κ3) is 10.7. The van der Waals surface area contributed by atoms with Crippen molar-refractivity contribution < 1.29 is 34.4 Å². The highest BCUT2D eigenvalue weighted by Crippen LogP contribution is 2.44. The lowest BCUT2D eigenvalue weighted by molar-refractivity contribution is -0.134. The number of piperazine rings is 1. The molecule has 49 heavy (non-hydrogen) atoms. The summed E-state index contributed by atoms with van der Waals surface area (Å²) in [6, 6.07) is 29.9. The fraction of sp³-hybridized carbons (Fsp3) is 0.237. The topological polar surface area (TPSA) is 128 Å². The first-order chi connectivity index (χ1) is 23.6. The monoisotopic (exact) mass is 700 g/mol. The molecule has 0 saturated carbocycles. The minimum Gasteiger partial charge on any atom is -0.507 e. The molecule has 6 rings (SSSR count). The quantitative estimate of drug-likeness (QED) is 0.108. The first-order valence-corrected chi connectivity index (χ1v) is 17.6. The molecule has 1 atom stereocenters. The molecule has 4 aromatic rings. The maximum atomic E-state index is 12.1. The van der Waals surface area contributed by atoms with Crippen molar-refractivity contribution in [3.8, 4) is 11.5 Å². The lowest BCUT2D eigenvalue weighted by atomic mass is 9.96. The van der Waals surface area contributed by atoms with Gasteiger partial charge in [0.05, 0.1) is 12.7 Å². The number of phenols is 1. The van der Waals surface area contributed by atoms with Crippen LogP contribution in [0.25, 0.3) is 0 Å². The van der Waals surface area contributed by atoms with E-state index in [1.165, 1.54) is 52.1 Å². The molecule has 0 bridgehead atoms. The van der Waals surface area contributed by atoms with E-state index in [1.54, 1.807) is 36.4 Å². The number of hydrogen-bond acceptors (Lipinski definition) is 9. The van der Waals surface area contributed by atoms with Crippen LogP contribution in [0.1, 0.15) is 33.1 Å². The number of likely N-dealkylation sites (N-methyl/N-ethyl adjacent to an activating group) is 1. The standard InChI is InChI=1S/C20H24N2S2.C14H12O3.C4H4O4/c1-21-9-11-22(12-10-21)18-13-15-5-3-4-6-19(15)24-20-8-7-16(23-2)14-17(18)20;1-17-11-7-8-12(13(15)9-11)14(16)10-5-3-2-4-6-10;5-3(6)1-2-4(7)8/h3-8,14,18H,9-13H2,1-2H3;2-9,15H,1H3;1-2H,(H,5,6)(H,7,8). The zero-order valence-electron chi connectivity index (χ0n) is 27.6. The highest BCUT2D eigenvalue weighted by molar-refractivity contribution is 7.99. The lowest BCUT2D eigenvalue weighted by Gasteiger charge is -2.38. The molecule has 0 aromatic heterocycles. The molecule has 0 spiro atoms. The highest BCUT2D eigenvalue weighted by atomic mass is 32.2. The van der Waals surface area contributed by atoms with E-state index >= 15 is 0 Å². The molecule has 4 aromatic carbocycles. The van der Waals surface area contributed by atoms with Gasteiger partial charge in [0.2, 0.25) is 0 Å². The van der Waals surface area contributed by atoms with Gasteiger partial charge in [-0.3, -0.25) is 9.69 Å². The summed E-state index contributed by atoms with van der Waals surface area (Å²) in [5.74, 6) is -2.27. The maximum absolute atomic E-state index is 12.1. The van der Waals surface area contributed by atoms with Crippen LogP contribution in [0.15, 0.2) is 118 Å². The predicted molar refractivity (Wildman–Crippen MR) is 193 cm³/mol. The Bertz CT molecular complexity index is 1760. The Morgan fingerprint density at radius 1 is 0.837 bits per heavy atom. The van der Waals surface area contributed by atoms with E-state index in [-0.39, 0.29) is 17.1 Å². The Kier molecular flexibility index (Phi) is 13.9. The van der Waals surface area contributed by atoms with E-state index in [9.17, 15) is 19.5 Å². The van der Waals surface area contributed by atoms with Crippen molar-refractivity contribution in [1.82, 2.24) is 9.80 Å². The van der Waals surface area contributed by atoms with Crippen molar-refractivity contribution in [2.45, 2.75) is 27.1 Å². The molecular formula is C38H40N2O7S2. The van der Waals surface area contributed by atoms with Crippen molar-refractivity contribution in [3.05, 3.63) is 125 Å². The molecule has 0 aliphatic carbocycles. The second kappa shape index (κ2) is 18.3. The number of benzene rings is 4. The van der Waals surface area contributed by atoms with Gasteiger partial charge in [0.25, 0.3) is 0 Å². The van der Waals surface area contributed by atoms with Crippen LogP contribution in [0.3, 0.4) is 0 Å². The number of thioether (sulfide) groups is 1. The molecule has 1 unspecified atom stereocenters. The highest BCUT2D eigenvalue weighted by Gasteiger charge is 2.29. The van der Waals surface area contributed by atoms with E-state index in [0.29, 0.717) is 29.5 Å². The number of carbonyl (C=O) groups is 3. The van der Waals surface area contributed by atoms with Crippen LogP contribution in [-0.2, 0) is 16.0 Å². The van der Waals surface area contributed by atoms with Crippen molar-refractivity contribution in [2.75, 3.05) is 46.6 Å². The molecule has 1 saturated heterocycles. The van der Waals surface area contributed by atoms with Gasteiger partial charge in [-0.1, -0.05) is 60.3 Å². The number of aromatic hydroxyl groups is 1. The normalized spacial score (nSPS) is 15.7. The number of carbonyl (C=O) groups excluding carboxylic acids is 1. The lowest BCUT2D eigenvalue weighted by Crippen LogP contribution is -2.46. The summed E-state index contributed by atoms with van der Waals surface area (Å²) in [6.07, 6.45) is 4.41. The molecule has 2 heterocycles. The van der Waals surface area contributed by atoms with Gasteiger partial charge in [0, 0.05) is 70.7 Å². The molecule has 0 radical (unpaired) electrons. The Morgan fingerprint density at radius 2 is 1.49 bits per heavy atom. The Hall–Kier alpha value is -4.55. The maximum Gasteiger partial charge on any atom is 0.328 e. The molecular weight excluding hydrogens is 661 g/mol. The van der Waals surface area contributed by atoms with Crippen molar-refractivity contribution >= 4 is 41.2 Å². The number of carboxylic acid groups (broad SMARTS) is 2. The summed E-state index contributed by atoms with van der Waals surface area (Å²) >= 11 is 3.79. The second-order valence-corrected chi connectivity index (χ2v) is 13.2. The first kappa shape index (κ1) is 37.3. The predicted octanol–water partition coefficient (Wildman–Crippen LogP) is 6.75. The van der Waals surface area contributed by atoms with Crippen molar-refractivity contribution in [2.24, 2.45) is 0 Å². The van der Waals surface area contributed by atoms with E-state index in [1.807, 2.05) is 29.6 Å². The first-order valence-electron chi connectivity index (χ1n) is 15.6. The van der Waals surface area contributed by atoms with Crippen molar-refractivity contribution in [1.29, 1.82) is 0 Å². The van der Waals surface area contributed by atoms with Crippen LogP contribution in [0.4, 0.5) is 0 Å². The van der Waals surface area contributed by atoms with E-state index in [2.05, 4.69) is 65.6 Å². The number of ketones is 1. The fourth-order valence-electron chi connectivity index (χ4n) is 5.39. The van der Waals surface area contributed by atoms with Gasteiger partial charge in [0.15, 0.2) is 5.78 Å². The number of phenolic OH excluding ortho intramolecular Hbond substituents is 1. The summed E-state index contributed by atoms with van der Waals surface area (Å²) < 4.78 is 4.96. The molecule has 2 aliphatic rings. The smallest absolute Gasteiger partial charge is 0.328 e. The average molecular weight is 701 g/mol. The van der Waals surface area contributed by atoms with Crippen LogP contribution in [-0.4, -0.2) is 89.4 Å². The largest absolute Gasteiger partial charge is 0.507 e. The Labute approximate surface area is 295 Å². The SMILES string of the molecule is COc1ccc(C(=O)c2ccccc2)c(O)c1.CSc1ccc2c(c1)C(N1CCN(C)CC1)Cc1ccccc1S2.O=C(O)C=CC(=O)O. The van der Waals surface area contributed by atoms with Crippen LogP contribution in [0.5, 0.6) is 11.5 Å². The van der Waals surface area contributed by atoms with Gasteiger partial charge in [-0.2, -0.15) is 0 Å². The molecule has 256 valence electrons. The summed E-state index contributed by atoms with van der Waals surface area (Å²) in [5, 5.41) is 25.4. The number of carboxylic acids is 2. The van der Waals surface area contributed by atoms with Crippen LogP contribution < -0.4 is 4.74 Å². The number of ether oxygens (including phenoxy) is 1. The average Bonchev–Trinajstić information content (AvgIpc) is 3.28. The number of hydrogen-bond donors (Lipinski definition) is 3. The van der Waals surface area contributed by atoms with Gasteiger partial charge in [0.1, 0.15) is 11.5 Å². The number of nitrogens with zero attached hydrogens (tertiary/aromatic N) is 2. The third-order valence-electron chi connectivity index (χ3n) is 8.01. The second-order valence-electron chi connectivity index (χ2n) is 11.3. The van der Waals surface area contributed by atoms with E-state index in [4.69, 9.17) is 14.9 Å². The molecule has 0 amide bonds. The summed E-state index contributed by atoms with van der Waals surface area (Å²) in [5.41, 5.74) is 3.84. The van der Waals surface area contributed by atoms with E-state index < -0.39 is 11.9 Å². The number of aliphatic carboxylic acids is 2. The van der Waals surface area contributed by atoms with Gasteiger partial charge in [-0.25, -0.2) is 9.59 Å². The number of fused-ring (bicyclic) bond motifs is 2. The van der Waals surface area contributed by atoms with Crippen LogP contribution in [0.2, 0.25) is 0 Å². The molecule has 2 aliphatic heterocycles. The van der Waals surface area contributed by atoms with E-state index in [0.717, 1.165) is 19.5 Å². The summed E-state index contributed by atoms with van der Waals surface area (Å²) in [6.45, 7) is 4.67. The van der Waals surface area contributed by atoms with Gasteiger partial charge < -0.3 is 25.0 Å². The summed E-state index contributed by atoms with van der Waals surface area (Å²) in [4.78, 5) is 40.5. The minimum absolute atomic E-state index is 0.0711. The Morgan fingerprint density at radius 3 is 2.10 bits per heavy atom. The summed E-state index contributed by atoms with van der Waals surface area (Å²) in [7, 11) is 3.74. The number of rotatable bonds is 7. The molecule has 11 heteroatoms. The van der Waals surface area contributed by atoms with Gasteiger partial charge in [-0.05, 0) is 67.2 Å². The van der Waals surface area contributed by atoms with Crippen LogP contribution in [0, 0.1) is 0 Å². The zero-order valence-corrected chi connectivity index (χ0v) is 29.2. The zero-order chi connectivity index (χ0) is 35.3. The van der Waals surface area contributed by atoms with Crippen LogP contribution >= 0.6 is 23.5 Å². The molecule has 3 N–H and O–H groups in total. The van der Waals surface area contributed by atoms with Gasteiger partial charge >= 0.3 is 11.9 Å².